The highest BCUT2D eigenvalue weighted by atomic mass is 32.1. The molecule has 182 valence electrons. The molecule has 0 saturated carbocycles. The van der Waals surface area contributed by atoms with E-state index >= 15 is 0 Å². The summed E-state index contributed by atoms with van der Waals surface area (Å²) < 4.78 is 43.6. The number of rotatable bonds is 6. The average molecular weight is 502 g/mol. The third kappa shape index (κ3) is 4.86. The Hall–Kier alpha value is -3.46. The van der Waals surface area contributed by atoms with Crippen LogP contribution in [0, 0.1) is 18.8 Å². The van der Waals surface area contributed by atoms with Crippen molar-refractivity contribution >= 4 is 34.5 Å². The van der Waals surface area contributed by atoms with E-state index in [-0.39, 0.29) is 5.56 Å². The predicted molar refractivity (Wildman–Crippen MR) is 126 cm³/mol. The highest BCUT2D eigenvalue weighted by Crippen LogP contribution is 2.45. The van der Waals surface area contributed by atoms with Crippen LogP contribution in [-0.4, -0.2) is 23.8 Å². The lowest BCUT2D eigenvalue weighted by Crippen LogP contribution is -2.32. The third-order valence-corrected chi connectivity index (χ3v) is 6.72. The number of hydrogen-bond acceptors (Lipinski definition) is 5. The number of aryl methyl sites for hydroxylation is 1. The lowest BCUT2D eigenvalue weighted by Gasteiger charge is -2.29. The first-order valence-electron chi connectivity index (χ1n) is 10.9. The summed E-state index contributed by atoms with van der Waals surface area (Å²) in [6, 6.07) is 12.8. The molecule has 1 aliphatic heterocycles. The van der Waals surface area contributed by atoms with Crippen LogP contribution in [0.15, 0.2) is 60.0 Å². The second-order valence-electron chi connectivity index (χ2n) is 8.60. The number of hydrogen-bond donors (Lipinski definition) is 0. The largest absolute Gasteiger partial charge is 0.573 e. The molecule has 1 aromatic heterocycles. The molecule has 4 rings (SSSR count). The molecule has 2 atom stereocenters. The maximum atomic E-state index is 13.1. The highest BCUT2D eigenvalue weighted by Gasteiger charge is 2.53. The number of nitrogens with zero attached hydrogens (tertiary/aromatic N) is 1. The molecular weight excluding hydrogens is 479 g/mol. The van der Waals surface area contributed by atoms with E-state index in [4.69, 9.17) is 0 Å². The van der Waals surface area contributed by atoms with Crippen molar-refractivity contribution in [2.45, 2.75) is 33.2 Å². The molecule has 5 nitrogen and oxygen atoms in total. The smallest absolute Gasteiger partial charge is 0.405 e. The summed E-state index contributed by atoms with van der Waals surface area (Å²) in [5.74, 6) is -5.06. The number of alkyl halides is 3. The number of benzene rings is 2. The van der Waals surface area contributed by atoms with Crippen molar-refractivity contribution in [3.8, 4) is 16.9 Å². The molecule has 1 saturated heterocycles. The van der Waals surface area contributed by atoms with E-state index < -0.39 is 47.5 Å². The Morgan fingerprint density at radius 3 is 2.26 bits per heavy atom. The Bertz CT molecular complexity index is 1280. The summed E-state index contributed by atoms with van der Waals surface area (Å²) in [6.07, 6.45) is -4.99. The van der Waals surface area contributed by atoms with Crippen molar-refractivity contribution < 1.29 is 32.3 Å². The number of halogens is 3. The van der Waals surface area contributed by atoms with Crippen LogP contribution in [-0.2, 0) is 14.4 Å². The van der Waals surface area contributed by atoms with E-state index in [9.17, 15) is 27.6 Å². The number of ketones is 2. The Kier molecular flexibility index (Phi) is 6.55. The molecule has 1 amide bonds. The molecule has 2 unspecified atom stereocenters. The molecule has 0 bridgehead atoms. The first kappa shape index (κ1) is 24.7. The fourth-order valence-electron chi connectivity index (χ4n) is 4.26. The topological polar surface area (TPSA) is 63.7 Å². The van der Waals surface area contributed by atoms with Crippen LogP contribution in [0.25, 0.3) is 11.1 Å². The number of amides is 1. The van der Waals surface area contributed by atoms with Crippen LogP contribution >= 0.6 is 11.3 Å². The van der Waals surface area contributed by atoms with Gasteiger partial charge in [-0.3, -0.25) is 19.3 Å². The third-order valence-electron chi connectivity index (χ3n) is 5.85. The van der Waals surface area contributed by atoms with E-state index in [1.54, 1.807) is 49.4 Å². The zero-order valence-electron chi connectivity index (χ0n) is 19.1. The van der Waals surface area contributed by atoms with Crippen LogP contribution in [0.1, 0.15) is 30.3 Å². The Morgan fingerprint density at radius 1 is 1.03 bits per heavy atom. The van der Waals surface area contributed by atoms with Gasteiger partial charge in [0.1, 0.15) is 17.5 Å². The molecule has 1 fully saturated rings. The van der Waals surface area contributed by atoms with Crippen LogP contribution in [0.3, 0.4) is 0 Å². The van der Waals surface area contributed by atoms with Gasteiger partial charge >= 0.3 is 6.36 Å². The summed E-state index contributed by atoms with van der Waals surface area (Å²) in [7, 11) is 0. The van der Waals surface area contributed by atoms with Gasteiger partial charge in [0.25, 0.3) is 5.91 Å². The van der Waals surface area contributed by atoms with Crippen LogP contribution < -0.4 is 9.64 Å². The second kappa shape index (κ2) is 9.30. The van der Waals surface area contributed by atoms with E-state index in [1.165, 1.54) is 18.2 Å². The molecule has 0 spiro atoms. The molecule has 3 aromatic rings. The standard InChI is InChI=1S/C26H22F3NO4S/c1-14(2)23(31)21-22(19-6-4-5-7-20(19)34-26(27,28)29)30(25(33)24(21)32)18-10-8-16(9-11-18)17-12-15(3)35-13-17/h4-14,21-22H,1-3H3. The fourth-order valence-corrected chi connectivity index (χ4v) is 4.97. The van der Waals surface area contributed by atoms with E-state index in [1.807, 2.05) is 18.4 Å². The SMILES string of the molecule is Cc1cc(-c2ccc(N3C(=O)C(=O)C(C(=O)C(C)C)C3c3ccccc3OC(F)(F)F)cc2)cs1. The van der Waals surface area contributed by atoms with Gasteiger partial charge in [0, 0.05) is 22.0 Å². The van der Waals surface area contributed by atoms with Gasteiger partial charge in [0.05, 0.1) is 6.04 Å². The van der Waals surface area contributed by atoms with Gasteiger partial charge in [0.2, 0.25) is 5.78 Å². The normalized spacial score (nSPS) is 18.4. The number of thiophene rings is 1. The number of ether oxygens (including phenoxy) is 1. The summed E-state index contributed by atoms with van der Waals surface area (Å²) >= 11 is 1.59. The quantitative estimate of drug-likeness (QED) is 0.302. The summed E-state index contributed by atoms with van der Waals surface area (Å²) in [5.41, 5.74) is 2.09. The summed E-state index contributed by atoms with van der Waals surface area (Å²) in [4.78, 5) is 41.4. The van der Waals surface area contributed by atoms with Crippen molar-refractivity contribution in [2.75, 3.05) is 4.90 Å². The van der Waals surface area contributed by atoms with Gasteiger partial charge < -0.3 is 4.74 Å². The van der Waals surface area contributed by atoms with Crippen molar-refractivity contribution in [3.63, 3.8) is 0 Å². The predicted octanol–water partition coefficient (Wildman–Crippen LogP) is 6.12. The van der Waals surface area contributed by atoms with Gasteiger partial charge in [-0.1, -0.05) is 44.2 Å². The number of para-hydroxylation sites is 1. The maximum absolute atomic E-state index is 13.1. The van der Waals surface area contributed by atoms with E-state index in [2.05, 4.69) is 4.74 Å². The minimum Gasteiger partial charge on any atom is -0.405 e. The molecule has 0 radical (unpaired) electrons. The molecular formula is C26H22F3NO4S. The lowest BCUT2D eigenvalue weighted by atomic mass is 9.84. The van der Waals surface area contributed by atoms with Crippen LogP contribution in [0.4, 0.5) is 18.9 Å². The molecule has 9 heteroatoms. The maximum Gasteiger partial charge on any atom is 0.573 e. The van der Waals surface area contributed by atoms with Gasteiger partial charge in [-0.05, 0) is 47.7 Å². The summed E-state index contributed by atoms with van der Waals surface area (Å²) in [5, 5.41) is 1.99. The molecule has 1 aliphatic rings. The van der Waals surface area contributed by atoms with Crippen molar-refractivity contribution in [1.29, 1.82) is 0 Å². The Balaban J connectivity index is 1.83. The number of Topliss-reactive ketones (excluding diaryl/α,β-unsaturated/α-hetero) is 2. The monoisotopic (exact) mass is 501 g/mol. The van der Waals surface area contributed by atoms with Crippen LogP contribution in [0.5, 0.6) is 5.75 Å². The van der Waals surface area contributed by atoms with E-state index in [0.717, 1.165) is 27.0 Å². The van der Waals surface area contributed by atoms with Crippen molar-refractivity contribution in [2.24, 2.45) is 11.8 Å². The molecule has 2 heterocycles. The number of anilines is 1. The van der Waals surface area contributed by atoms with Gasteiger partial charge in [-0.15, -0.1) is 24.5 Å². The van der Waals surface area contributed by atoms with Gasteiger partial charge in [-0.2, -0.15) is 0 Å². The fraction of sp³-hybridized carbons (Fsp3) is 0.269. The molecule has 0 aliphatic carbocycles. The lowest BCUT2D eigenvalue weighted by molar-refractivity contribution is -0.275. The highest BCUT2D eigenvalue weighted by molar-refractivity contribution is 7.10. The average Bonchev–Trinajstić information content (AvgIpc) is 3.34. The first-order chi connectivity index (χ1) is 16.5. The molecule has 35 heavy (non-hydrogen) atoms. The van der Waals surface area contributed by atoms with Gasteiger partial charge in [0.15, 0.2) is 0 Å². The minimum absolute atomic E-state index is 0.0689. The van der Waals surface area contributed by atoms with Crippen LogP contribution in [0.2, 0.25) is 0 Å². The summed E-state index contributed by atoms with van der Waals surface area (Å²) in [6.45, 7) is 5.14. The van der Waals surface area contributed by atoms with Crippen molar-refractivity contribution in [1.82, 2.24) is 0 Å². The Morgan fingerprint density at radius 2 is 1.69 bits per heavy atom. The minimum atomic E-state index is -4.99. The molecule has 0 N–H and O–H groups in total. The first-order valence-corrected chi connectivity index (χ1v) is 11.8. The number of carbonyl (C=O) groups excluding carboxylic acids is 3. The Labute approximate surface area is 204 Å². The molecule has 2 aromatic carbocycles. The second-order valence-corrected chi connectivity index (χ2v) is 9.71. The zero-order chi connectivity index (χ0) is 25.5. The van der Waals surface area contributed by atoms with Gasteiger partial charge in [-0.25, -0.2) is 0 Å². The van der Waals surface area contributed by atoms with E-state index in [0.29, 0.717) is 5.69 Å². The number of carbonyl (C=O) groups is 3. The van der Waals surface area contributed by atoms with Crippen molar-refractivity contribution in [3.05, 3.63) is 70.4 Å². The zero-order valence-corrected chi connectivity index (χ0v) is 19.9.